The van der Waals surface area contributed by atoms with E-state index >= 15 is 0 Å². The van der Waals surface area contributed by atoms with Gasteiger partial charge in [0.05, 0.1) is 5.69 Å². The summed E-state index contributed by atoms with van der Waals surface area (Å²) in [6.45, 7) is 1.56. The smallest absolute Gasteiger partial charge is 0.321 e. The lowest BCUT2D eigenvalue weighted by atomic mass is 10.2. The van der Waals surface area contributed by atoms with Gasteiger partial charge in [0.15, 0.2) is 0 Å². The number of nitrogens with two attached hydrogens (primary N) is 1. The Morgan fingerprint density at radius 1 is 1.38 bits per heavy atom. The van der Waals surface area contributed by atoms with Crippen molar-refractivity contribution < 1.29 is 9.18 Å². The highest BCUT2D eigenvalue weighted by Crippen LogP contribution is 2.17. The molecular formula is C11H14FN3O. The van der Waals surface area contributed by atoms with E-state index in [2.05, 4.69) is 5.32 Å². The number of carbonyl (C=O) groups excluding carboxylic acids is 1. The molecule has 0 unspecified atom stereocenters. The van der Waals surface area contributed by atoms with Crippen LogP contribution in [0.3, 0.4) is 0 Å². The topological polar surface area (TPSA) is 58.4 Å². The first-order chi connectivity index (χ1) is 7.66. The molecule has 86 valence electrons. The fraction of sp³-hybridized carbons (Fsp3) is 0.364. The number of amides is 2. The van der Waals surface area contributed by atoms with Crippen molar-refractivity contribution in [2.45, 2.75) is 12.8 Å². The lowest BCUT2D eigenvalue weighted by Gasteiger charge is -2.16. The lowest BCUT2D eigenvalue weighted by molar-refractivity contribution is 0.222. The molecule has 4 nitrogen and oxygen atoms in total. The Balaban J connectivity index is 2.02. The van der Waals surface area contributed by atoms with E-state index in [1.807, 2.05) is 0 Å². The average molecular weight is 223 g/mol. The summed E-state index contributed by atoms with van der Waals surface area (Å²) in [7, 11) is 0. The summed E-state index contributed by atoms with van der Waals surface area (Å²) in [6.07, 6.45) is 2.08. The molecule has 1 aliphatic rings. The van der Waals surface area contributed by atoms with E-state index in [9.17, 15) is 9.18 Å². The standard InChI is InChI=1S/C11H14FN3O/c12-9-4-3-8(7-10(9)13)14-11(16)15-5-1-2-6-15/h3-4,7H,1-2,5-6,13H2,(H,14,16). The number of likely N-dealkylation sites (tertiary alicyclic amines) is 1. The second-order valence-corrected chi connectivity index (χ2v) is 3.86. The van der Waals surface area contributed by atoms with Gasteiger partial charge in [-0.1, -0.05) is 0 Å². The molecule has 2 rings (SSSR count). The van der Waals surface area contributed by atoms with Gasteiger partial charge < -0.3 is 16.0 Å². The predicted octanol–water partition coefficient (Wildman–Crippen LogP) is 2.04. The third kappa shape index (κ3) is 2.24. The van der Waals surface area contributed by atoms with Gasteiger partial charge in [-0.3, -0.25) is 0 Å². The number of rotatable bonds is 1. The predicted molar refractivity (Wildman–Crippen MR) is 60.6 cm³/mol. The summed E-state index contributed by atoms with van der Waals surface area (Å²) in [5.74, 6) is -0.473. The number of halogens is 1. The van der Waals surface area contributed by atoms with Gasteiger partial charge in [0.2, 0.25) is 0 Å². The third-order valence-electron chi connectivity index (χ3n) is 2.64. The minimum Gasteiger partial charge on any atom is -0.396 e. The number of nitrogens with zero attached hydrogens (tertiary/aromatic N) is 1. The zero-order chi connectivity index (χ0) is 11.5. The van der Waals surface area contributed by atoms with Crippen molar-refractivity contribution in [2.75, 3.05) is 24.1 Å². The van der Waals surface area contributed by atoms with Crippen LogP contribution in [0.25, 0.3) is 0 Å². The quantitative estimate of drug-likeness (QED) is 0.716. The molecule has 0 saturated carbocycles. The number of hydrogen-bond acceptors (Lipinski definition) is 2. The number of anilines is 2. The second kappa shape index (κ2) is 4.38. The molecular weight excluding hydrogens is 209 g/mol. The highest BCUT2D eigenvalue weighted by atomic mass is 19.1. The molecule has 0 atom stereocenters. The molecule has 5 heteroatoms. The fourth-order valence-electron chi connectivity index (χ4n) is 1.74. The van der Waals surface area contributed by atoms with Gasteiger partial charge in [-0.05, 0) is 31.0 Å². The summed E-state index contributed by atoms with van der Waals surface area (Å²) in [6, 6.07) is 4.02. The minimum absolute atomic E-state index is 0.0409. The molecule has 1 fully saturated rings. The van der Waals surface area contributed by atoms with Crippen LogP contribution < -0.4 is 11.1 Å². The van der Waals surface area contributed by atoms with Crippen LogP contribution in [0.4, 0.5) is 20.6 Å². The Hall–Kier alpha value is -1.78. The van der Waals surface area contributed by atoms with Crippen molar-refractivity contribution in [3.63, 3.8) is 0 Å². The first-order valence-corrected chi connectivity index (χ1v) is 5.28. The van der Waals surface area contributed by atoms with Crippen LogP contribution in [0, 0.1) is 5.82 Å². The highest BCUT2D eigenvalue weighted by Gasteiger charge is 2.17. The Morgan fingerprint density at radius 2 is 2.06 bits per heavy atom. The monoisotopic (exact) mass is 223 g/mol. The third-order valence-corrected chi connectivity index (χ3v) is 2.64. The number of urea groups is 1. The molecule has 0 bridgehead atoms. The van der Waals surface area contributed by atoms with Crippen LogP contribution in [0.5, 0.6) is 0 Å². The number of nitrogen functional groups attached to an aromatic ring is 1. The van der Waals surface area contributed by atoms with Crippen molar-refractivity contribution in [3.8, 4) is 0 Å². The van der Waals surface area contributed by atoms with Crippen LogP contribution in [0.15, 0.2) is 18.2 Å². The van der Waals surface area contributed by atoms with E-state index in [0.717, 1.165) is 25.9 Å². The zero-order valence-corrected chi connectivity index (χ0v) is 8.87. The van der Waals surface area contributed by atoms with Crippen LogP contribution in [-0.2, 0) is 0 Å². The van der Waals surface area contributed by atoms with Crippen molar-refractivity contribution in [2.24, 2.45) is 0 Å². The number of hydrogen-bond donors (Lipinski definition) is 2. The van der Waals surface area contributed by atoms with Crippen molar-refractivity contribution in [1.82, 2.24) is 4.90 Å². The van der Waals surface area contributed by atoms with Gasteiger partial charge in [-0.15, -0.1) is 0 Å². The van der Waals surface area contributed by atoms with E-state index in [0.29, 0.717) is 5.69 Å². The number of carbonyl (C=O) groups is 1. The molecule has 0 aromatic heterocycles. The minimum atomic E-state index is -0.473. The fourth-order valence-corrected chi connectivity index (χ4v) is 1.74. The molecule has 1 aliphatic heterocycles. The van der Waals surface area contributed by atoms with Gasteiger partial charge in [0, 0.05) is 18.8 Å². The SMILES string of the molecule is Nc1cc(NC(=O)N2CCCC2)ccc1F. The summed E-state index contributed by atoms with van der Waals surface area (Å²) in [5, 5.41) is 2.69. The van der Waals surface area contributed by atoms with Crippen molar-refractivity contribution in [3.05, 3.63) is 24.0 Å². The first kappa shape index (κ1) is 10.7. The van der Waals surface area contributed by atoms with Crippen LogP contribution in [0.2, 0.25) is 0 Å². The van der Waals surface area contributed by atoms with Gasteiger partial charge in [0.1, 0.15) is 5.82 Å². The first-order valence-electron chi connectivity index (χ1n) is 5.28. The molecule has 0 spiro atoms. The largest absolute Gasteiger partial charge is 0.396 e. The van der Waals surface area contributed by atoms with E-state index in [1.54, 1.807) is 4.90 Å². The highest BCUT2D eigenvalue weighted by molar-refractivity contribution is 5.89. The molecule has 1 saturated heterocycles. The summed E-state index contributed by atoms with van der Waals surface area (Å²) in [4.78, 5) is 13.4. The Labute approximate surface area is 93.2 Å². The molecule has 0 radical (unpaired) electrons. The van der Waals surface area contributed by atoms with Gasteiger partial charge in [-0.2, -0.15) is 0 Å². The second-order valence-electron chi connectivity index (χ2n) is 3.86. The van der Waals surface area contributed by atoms with Crippen molar-refractivity contribution in [1.29, 1.82) is 0 Å². The Bertz CT molecular complexity index is 402. The van der Waals surface area contributed by atoms with E-state index in [4.69, 9.17) is 5.73 Å². The van der Waals surface area contributed by atoms with Crippen LogP contribution in [0.1, 0.15) is 12.8 Å². The lowest BCUT2D eigenvalue weighted by Crippen LogP contribution is -2.32. The molecule has 1 heterocycles. The van der Waals surface area contributed by atoms with E-state index in [1.165, 1.54) is 18.2 Å². The Morgan fingerprint density at radius 3 is 2.69 bits per heavy atom. The molecule has 0 aliphatic carbocycles. The normalized spacial score (nSPS) is 15.2. The molecule has 2 amide bonds. The summed E-state index contributed by atoms with van der Waals surface area (Å²) >= 11 is 0. The maximum atomic E-state index is 12.9. The van der Waals surface area contributed by atoms with E-state index < -0.39 is 5.82 Å². The van der Waals surface area contributed by atoms with Gasteiger partial charge in [0.25, 0.3) is 0 Å². The molecule has 1 aromatic carbocycles. The Kier molecular flexibility index (Phi) is 2.94. The summed E-state index contributed by atoms with van der Waals surface area (Å²) < 4.78 is 12.9. The molecule has 3 N–H and O–H groups in total. The number of nitrogens with one attached hydrogen (secondary N) is 1. The maximum Gasteiger partial charge on any atom is 0.321 e. The number of benzene rings is 1. The molecule has 1 aromatic rings. The average Bonchev–Trinajstić information content (AvgIpc) is 2.77. The maximum absolute atomic E-state index is 12.9. The zero-order valence-electron chi connectivity index (χ0n) is 8.87. The van der Waals surface area contributed by atoms with Gasteiger partial charge >= 0.3 is 6.03 Å². The van der Waals surface area contributed by atoms with Crippen LogP contribution >= 0.6 is 0 Å². The molecule has 16 heavy (non-hydrogen) atoms. The van der Waals surface area contributed by atoms with Crippen molar-refractivity contribution >= 4 is 17.4 Å². The van der Waals surface area contributed by atoms with Gasteiger partial charge in [-0.25, -0.2) is 9.18 Å². The van der Waals surface area contributed by atoms with E-state index in [-0.39, 0.29) is 11.7 Å². The summed E-state index contributed by atoms with van der Waals surface area (Å²) in [5.41, 5.74) is 5.97. The van der Waals surface area contributed by atoms with Crippen LogP contribution in [-0.4, -0.2) is 24.0 Å².